The number of hydrogen-bond acceptors (Lipinski definition) is 3. The van der Waals surface area contributed by atoms with Crippen molar-refractivity contribution in [1.29, 1.82) is 0 Å². The molecule has 2 unspecified atom stereocenters. The van der Waals surface area contributed by atoms with Gasteiger partial charge in [-0.15, -0.1) is 0 Å². The van der Waals surface area contributed by atoms with E-state index in [9.17, 15) is 12.8 Å². The van der Waals surface area contributed by atoms with Gasteiger partial charge in [0.2, 0.25) is 10.0 Å². The van der Waals surface area contributed by atoms with Crippen LogP contribution in [0.3, 0.4) is 0 Å². The fourth-order valence-corrected chi connectivity index (χ4v) is 4.51. The van der Waals surface area contributed by atoms with Crippen molar-refractivity contribution < 1.29 is 17.9 Å². The molecule has 1 fully saturated rings. The van der Waals surface area contributed by atoms with Crippen LogP contribution in [0.15, 0.2) is 17.0 Å². The molecule has 1 aliphatic carbocycles. The lowest BCUT2D eigenvalue weighted by Gasteiger charge is -2.29. The zero-order valence-corrected chi connectivity index (χ0v) is 13.3. The molecular formula is C14H19ClFNO3S. The van der Waals surface area contributed by atoms with E-state index < -0.39 is 27.3 Å². The van der Waals surface area contributed by atoms with Gasteiger partial charge in [0.1, 0.15) is 10.7 Å². The van der Waals surface area contributed by atoms with Gasteiger partial charge in [0.05, 0.1) is 6.61 Å². The summed E-state index contributed by atoms with van der Waals surface area (Å²) < 4.78 is 41.5. The van der Waals surface area contributed by atoms with E-state index in [0.717, 1.165) is 31.7 Å². The average Bonchev–Trinajstić information content (AvgIpc) is 2.43. The van der Waals surface area contributed by atoms with Gasteiger partial charge >= 0.3 is 0 Å². The third-order valence-corrected chi connectivity index (χ3v) is 5.66. The Hall–Kier alpha value is -0.690. The Kier molecular flexibility index (Phi) is 5.24. The van der Waals surface area contributed by atoms with Crippen molar-refractivity contribution in [3.8, 4) is 0 Å². The van der Waals surface area contributed by atoms with E-state index in [1.165, 1.54) is 6.07 Å². The summed E-state index contributed by atoms with van der Waals surface area (Å²) in [6.07, 6.45) is 3.74. The quantitative estimate of drug-likeness (QED) is 0.889. The minimum absolute atomic E-state index is 0.0810. The Morgan fingerprint density at radius 1 is 1.38 bits per heavy atom. The van der Waals surface area contributed by atoms with Gasteiger partial charge in [0.15, 0.2) is 0 Å². The molecule has 0 radical (unpaired) electrons. The molecule has 0 amide bonds. The summed E-state index contributed by atoms with van der Waals surface area (Å²) in [5, 5.41) is 9.16. The highest BCUT2D eigenvalue weighted by Gasteiger charge is 2.29. The molecule has 2 rings (SSSR count). The third-order valence-electron chi connectivity index (χ3n) is 3.96. The molecule has 0 aromatic heterocycles. The maximum absolute atomic E-state index is 14.2. The molecule has 1 aliphatic rings. The van der Waals surface area contributed by atoms with Crippen molar-refractivity contribution in [3.63, 3.8) is 0 Å². The zero-order chi connectivity index (χ0) is 15.6. The van der Waals surface area contributed by atoms with E-state index in [2.05, 4.69) is 4.72 Å². The highest BCUT2D eigenvalue weighted by atomic mass is 35.5. The van der Waals surface area contributed by atoms with E-state index >= 15 is 0 Å². The summed E-state index contributed by atoms with van der Waals surface area (Å²) in [4.78, 5) is -0.503. The van der Waals surface area contributed by atoms with Gasteiger partial charge in [0.25, 0.3) is 0 Å². The molecule has 0 bridgehead atoms. The molecule has 0 heterocycles. The average molecular weight is 336 g/mol. The number of rotatable bonds is 4. The molecule has 1 saturated carbocycles. The molecule has 1 aromatic rings. The lowest BCUT2D eigenvalue weighted by Crippen LogP contribution is -2.41. The first kappa shape index (κ1) is 16.7. The van der Waals surface area contributed by atoms with Gasteiger partial charge in [-0.05, 0) is 30.9 Å². The number of halogens is 2. The van der Waals surface area contributed by atoms with Crippen molar-refractivity contribution in [1.82, 2.24) is 4.72 Å². The van der Waals surface area contributed by atoms with E-state index in [0.29, 0.717) is 0 Å². The largest absolute Gasteiger partial charge is 0.392 e. The minimum atomic E-state index is -4.00. The van der Waals surface area contributed by atoms with Gasteiger partial charge in [-0.1, -0.05) is 31.4 Å². The molecule has 118 valence electrons. The van der Waals surface area contributed by atoms with E-state index in [4.69, 9.17) is 16.7 Å². The van der Waals surface area contributed by atoms with Crippen LogP contribution in [-0.2, 0) is 16.6 Å². The first-order chi connectivity index (χ1) is 9.85. The number of sulfonamides is 1. The summed E-state index contributed by atoms with van der Waals surface area (Å²) in [6.45, 7) is 1.38. The van der Waals surface area contributed by atoms with Crippen LogP contribution in [0.25, 0.3) is 0 Å². The number of hydrogen-bond donors (Lipinski definition) is 2. The molecule has 4 nitrogen and oxygen atoms in total. The first-order valence-corrected chi connectivity index (χ1v) is 8.82. The summed E-state index contributed by atoms with van der Waals surface area (Å²) in [5.74, 6) is -0.731. The monoisotopic (exact) mass is 335 g/mol. The standard InChI is InChI=1S/C14H19ClFNO3S/c1-9-4-2-3-5-12(9)17-21(19,20)13-7-11(15)6-10(8-18)14(13)16/h6-7,9,12,17-18H,2-5,8H2,1H3. The summed E-state index contributed by atoms with van der Waals surface area (Å²) in [7, 11) is -4.00. The van der Waals surface area contributed by atoms with Crippen LogP contribution in [0, 0.1) is 11.7 Å². The van der Waals surface area contributed by atoms with E-state index in [1.54, 1.807) is 0 Å². The second kappa shape index (κ2) is 6.60. The van der Waals surface area contributed by atoms with Gasteiger partial charge in [-0.25, -0.2) is 17.5 Å². The van der Waals surface area contributed by atoms with Crippen molar-refractivity contribution in [2.24, 2.45) is 5.92 Å². The molecule has 1 aromatic carbocycles. The van der Waals surface area contributed by atoms with Crippen LogP contribution < -0.4 is 4.72 Å². The predicted molar refractivity (Wildman–Crippen MR) is 79.1 cm³/mol. The summed E-state index contributed by atoms with van der Waals surface area (Å²) in [6, 6.07) is 2.10. The number of aliphatic hydroxyl groups excluding tert-OH is 1. The van der Waals surface area contributed by atoms with Crippen LogP contribution in [-0.4, -0.2) is 19.6 Å². The highest BCUT2D eigenvalue weighted by molar-refractivity contribution is 7.89. The molecule has 2 N–H and O–H groups in total. The normalized spacial score (nSPS) is 23.2. The fraction of sp³-hybridized carbons (Fsp3) is 0.571. The van der Waals surface area contributed by atoms with Gasteiger partial charge in [-0.2, -0.15) is 0 Å². The Morgan fingerprint density at radius 2 is 2.05 bits per heavy atom. The van der Waals surface area contributed by atoms with Gasteiger partial charge in [0, 0.05) is 16.6 Å². The highest BCUT2D eigenvalue weighted by Crippen LogP contribution is 2.28. The van der Waals surface area contributed by atoms with Crippen LogP contribution in [0.5, 0.6) is 0 Å². The van der Waals surface area contributed by atoms with Crippen molar-refractivity contribution in [2.75, 3.05) is 0 Å². The Labute approximate surface area is 129 Å². The van der Waals surface area contributed by atoms with Crippen LogP contribution in [0.4, 0.5) is 4.39 Å². The first-order valence-electron chi connectivity index (χ1n) is 6.96. The summed E-state index contributed by atoms with van der Waals surface area (Å²) >= 11 is 5.81. The predicted octanol–water partition coefficient (Wildman–Crippen LogP) is 2.83. The van der Waals surface area contributed by atoms with Crippen LogP contribution >= 0.6 is 11.6 Å². The molecule has 21 heavy (non-hydrogen) atoms. The Bertz CT molecular complexity index is 621. The number of nitrogens with one attached hydrogen (secondary N) is 1. The van der Waals surface area contributed by atoms with E-state index in [1.807, 2.05) is 6.92 Å². The van der Waals surface area contributed by atoms with Crippen molar-refractivity contribution in [2.45, 2.75) is 50.2 Å². The molecule has 0 spiro atoms. The molecular weight excluding hydrogens is 317 g/mol. The smallest absolute Gasteiger partial charge is 0.243 e. The Morgan fingerprint density at radius 3 is 2.67 bits per heavy atom. The minimum Gasteiger partial charge on any atom is -0.392 e. The van der Waals surface area contributed by atoms with Crippen molar-refractivity contribution in [3.05, 3.63) is 28.5 Å². The maximum atomic E-state index is 14.2. The molecule has 2 atom stereocenters. The molecule has 7 heteroatoms. The van der Waals surface area contributed by atoms with Gasteiger partial charge in [-0.3, -0.25) is 0 Å². The Balaban J connectivity index is 2.33. The van der Waals surface area contributed by atoms with E-state index in [-0.39, 0.29) is 22.5 Å². The second-order valence-electron chi connectivity index (χ2n) is 5.52. The van der Waals surface area contributed by atoms with Gasteiger partial charge < -0.3 is 5.11 Å². The molecule has 0 aliphatic heterocycles. The SMILES string of the molecule is CC1CCCCC1NS(=O)(=O)c1cc(Cl)cc(CO)c1F. The lowest BCUT2D eigenvalue weighted by atomic mass is 9.87. The topological polar surface area (TPSA) is 66.4 Å². The zero-order valence-electron chi connectivity index (χ0n) is 11.8. The molecule has 0 saturated heterocycles. The number of aliphatic hydroxyl groups is 1. The van der Waals surface area contributed by atoms with Crippen LogP contribution in [0.1, 0.15) is 38.2 Å². The maximum Gasteiger partial charge on any atom is 0.243 e. The third kappa shape index (κ3) is 3.74. The lowest BCUT2D eigenvalue weighted by molar-refractivity contribution is 0.274. The summed E-state index contributed by atoms with van der Waals surface area (Å²) in [5.41, 5.74) is -0.125. The van der Waals surface area contributed by atoms with Crippen molar-refractivity contribution >= 4 is 21.6 Å². The fourth-order valence-electron chi connectivity index (χ4n) is 2.68. The van der Waals surface area contributed by atoms with Crippen LogP contribution in [0.2, 0.25) is 5.02 Å². The second-order valence-corrected chi connectivity index (χ2v) is 7.64. The number of benzene rings is 1.